The molecule has 3 nitrogen and oxygen atoms in total. The van der Waals surface area contributed by atoms with E-state index in [1.54, 1.807) is 0 Å². The number of ether oxygens (including phenoxy) is 2. The lowest BCUT2D eigenvalue weighted by atomic mass is 10.1. The molecule has 1 unspecified atom stereocenters. The summed E-state index contributed by atoms with van der Waals surface area (Å²) in [5.41, 5.74) is 7.99. The van der Waals surface area contributed by atoms with Crippen LogP contribution in [-0.2, 0) is 11.2 Å². The molecule has 1 atom stereocenters. The van der Waals surface area contributed by atoms with Gasteiger partial charge in [0.2, 0.25) is 0 Å². The summed E-state index contributed by atoms with van der Waals surface area (Å²) < 4.78 is 12.8. The molecule has 2 N–H and O–H groups in total. The van der Waals surface area contributed by atoms with Gasteiger partial charge in [-0.2, -0.15) is 0 Å². The fraction of sp³-hybridized carbons (Fsp3) is 0.600. The maximum atomic E-state index is 6.01. The number of rotatable bonds is 5. The highest BCUT2D eigenvalue weighted by Crippen LogP contribution is 2.29. The molecule has 0 radical (unpaired) electrons. The van der Waals surface area contributed by atoms with Crippen LogP contribution in [0.5, 0.6) is 5.75 Å². The summed E-state index contributed by atoms with van der Waals surface area (Å²) >= 11 is 3.52. The summed E-state index contributed by atoms with van der Waals surface area (Å²) in [7, 11) is 0. The summed E-state index contributed by atoms with van der Waals surface area (Å²) in [6, 6.07) is 4.17. The van der Waals surface area contributed by atoms with E-state index in [1.807, 2.05) is 0 Å². The standard InChI is InChI=1S/C15H22BrNO2/c1-11-8-13(16)9-12(5-6-17)15(11)19-10-14-4-2-3-7-18-14/h8-9,14H,2-7,10,17H2,1H3. The summed E-state index contributed by atoms with van der Waals surface area (Å²) in [4.78, 5) is 0. The van der Waals surface area contributed by atoms with Gasteiger partial charge in [-0.1, -0.05) is 15.9 Å². The first-order valence-electron chi connectivity index (χ1n) is 6.94. The van der Waals surface area contributed by atoms with Crippen molar-refractivity contribution >= 4 is 15.9 Å². The second-order valence-corrected chi connectivity index (χ2v) is 5.96. The van der Waals surface area contributed by atoms with Gasteiger partial charge in [-0.05, 0) is 62.4 Å². The van der Waals surface area contributed by atoms with Gasteiger partial charge >= 0.3 is 0 Å². The van der Waals surface area contributed by atoms with Gasteiger partial charge in [0.15, 0.2) is 0 Å². The highest BCUT2D eigenvalue weighted by Gasteiger charge is 2.16. The average Bonchev–Trinajstić information content (AvgIpc) is 2.39. The van der Waals surface area contributed by atoms with Gasteiger partial charge in [0.25, 0.3) is 0 Å². The summed E-state index contributed by atoms with van der Waals surface area (Å²) in [6.45, 7) is 4.21. The van der Waals surface area contributed by atoms with Gasteiger partial charge < -0.3 is 15.2 Å². The Balaban J connectivity index is 2.05. The van der Waals surface area contributed by atoms with Crippen molar-refractivity contribution in [1.29, 1.82) is 0 Å². The lowest BCUT2D eigenvalue weighted by molar-refractivity contribution is -0.0113. The van der Waals surface area contributed by atoms with Gasteiger partial charge in [0.1, 0.15) is 12.4 Å². The zero-order chi connectivity index (χ0) is 13.7. The molecular weight excluding hydrogens is 306 g/mol. The Morgan fingerprint density at radius 1 is 1.42 bits per heavy atom. The normalized spacial score (nSPS) is 19.4. The molecule has 1 fully saturated rings. The number of hydrogen-bond acceptors (Lipinski definition) is 3. The molecular formula is C15H22BrNO2. The fourth-order valence-corrected chi connectivity index (χ4v) is 3.08. The molecule has 19 heavy (non-hydrogen) atoms. The minimum atomic E-state index is 0.238. The van der Waals surface area contributed by atoms with Crippen molar-refractivity contribution in [2.24, 2.45) is 5.73 Å². The van der Waals surface area contributed by atoms with Gasteiger partial charge in [-0.15, -0.1) is 0 Å². The third-order valence-corrected chi connectivity index (χ3v) is 3.88. The van der Waals surface area contributed by atoms with Crippen LogP contribution in [0.2, 0.25) is 0 Å². The molecule has 1 heterocycles. The number of nitrogens with two attached hydrogens (primary N) is 1. The molecule has 0 saturated carbocycles. The van der Waals surface area contributed by atoms with E-state index in [4.69, 9.17) is 15.2 Å². The van der Waals surface area contributed by atoms with Crippen LogP contribution in [0.4, 0.5) is 0 Å². The molecule has 106 valence electrons. The predicted octanol–water partition coefficient (Wildman–Crippen LogP) is 3.21. The van der Waals surface area contributed by atoms with E-state index >= 15 is 0 Å². The monoisotopic (exact) mass is 327 g/mol. The first-order chi connectivity index (χ1) is 9.20. The maximum Gasteiger partial charge on any atom is 0.125 e. The molecule has 0 aliphatic carbocycles. The zero-order valence-corrected chi connectivity index (χ0v) is 13.0. The van der Waals surface area contributed by atoms with Crippen molar-refractivity contribution in [3.8, 4) is 5.75 Å². The third-order valence-electron chi connectivity index (χ3n) is 3.42. The van der Waals surface area contributed by atoms with Crippen molar-refractivity contribution in [3.05, 3.63) is 27.7 Å². The smallest absolute Gasteiger partial charge is 0.125 e. The Bertz CT molecular complexity index is 417. The Morgan fingerprint density at radius 2 is 2.26 bits per heavy atom. The van der Waals surface area contributed by atoms with E-state index in [0.29, 0.717) is 13.2 Å². The highest BCUT2D eigenvalue weighted by atomic mass is 79.9. The lowest BCUT2D eigenvalue weighted by Gasteiger charge is -2.24. The summed E-state index contributed by atoms with van der Waals surface area (Å²) in [6.07, 6.45) is 4.58. The van der Waals surface area contributed by atoms with Crippen molar-refractivity contribution in [1.82, 2.24) is 0 Å². The van der Waals surface area contributed by atoms with Crippen LogP contribution in [0.25, 0.3) is 0 Å². The number of aryl methyl sites for hydroxylation is 1. The topological polar surface area (TPSA) is 44.5 Å². The average molecular weight is 328 g/mol. The molecule has 1 aliphatic heterocycles. The Kier molecular flexibility index (Phi) is 5.67. The van der Waals surface area contributed by atoms with Crippen molar-refractivity contribution in [2.75, 3.05) is 19.8 Å². The first kappa shape index (κ1) is 14.8. The molecule has 1 saturated heterocycles. The summed E-state index contributed by atoms with van der Waals surface area (Å²) in [5.74, 6) is 0.975. The minimum absolute atomic E-state index is 0.238. The molecule has 2 rings (SSSR count). The van der Waals surface area contributed by atoms with E-state index in [0.717, 1.165) is 35.2 Å². The van der Waals surface area contributed by atoms with Crippen LogP contribution >= 0.6 is 15.9 Å². The molecule has 0 amide bonds. The molecule has 1 aromatic carbocycles. The second kappa shape index (κ2) is 7.27. The van der Waals surface area contributed by atoms with Crippen LogP contribution in [0.1, 0.15) is 30.4 Å². The van der Waals surface area contributed by atoms with Crippen molar-refractivity contribution < 1.29 is 9.47 Å². The first-order valence-corrected chi connectivity index (χ1v) is 7.73. The number of halogens is 1. The van der Waals surface area contributed by atoms with Crippen LogP contribution in [-0.4, -0.2) is 25.9 Å². The number of benzene rings is 1. The van der Waals surface area contributed by atoms with Gasteiger partial charge in [0, 0.05) is 11.1 Å². The Morgan fingerprint density at radius 3 is 2.95 bits per heavy atom. The third kappa shape index (κ3) is 4.20. The molecule has 4 heteroatoms. The van der Waals surface area contributed by atoms with E-state index in [9.17, 15) is 0 Å². The molecule has 1 aliphatic rings. The van der Waals surface area contributed by atoms with Crippen molar-refractivity contribution in [3.63, 3.8) is 0 Å². The SMILES string of the molecule is Cc1cc(Br)cc(CCN)c1OCC1CCCCO1. The molecule has 0 spiro atoms. The maximum absolute atomic E-state index is 6.01. The fourth-order valence-electron chi connectivity index (χ4n) is 2.46. The largest absolute Gasteiger partial charge is 0.490 e. The Labute approximate surface area is 123 Å². The molecule has 1 aromatic rings. The van der Waals surface area contributed by atoms with Crippen LogP contribution in [0.15, 0.2) is 16.6 Å². The second-order valence-electron chi connectivity index (χ2n) is 5.05. The van der Waals surface area contributed by atoms with Crippen LogP contribution < -0.4 is 10.5 Å². The lowest BCUT2D eigenvalue weighted by Crippen LogP contribution is -2.26. The van der Waals surface area contributed by atoms with Gasteiger partial charge in [0.05, 0.1) is 6.10 Å². The summed E-state index contributed by atoms with van der Waals surface area (Å²) in [5, 5.41) is 0. The quantitative estimate of drug-likeness (QED) is 0.903. The Hall–Kier alpha value is -0.580. The highest BCUT2D eigenvalue weighted by molar-refractivity contribution is 9.10. The van der Waals surface area contributed by atoms with Crippen molar-refractivity contribution in [2.45, 2.75) is 38.7 Å². The van der Waals surface area contributed by atoms with E-state index in [-0.39, 0.29) is 6.10 Å². The van der Waals surface area contributed by atoms with E-state index in [1.165, 1.54) is 18.4 Å². The molecule has 0 aromatic heterocycles. The van der Waals surface area contributed by atoms with Gasteiger partial charge in [-0.3, -0.25) is 0 Å². The van der Waals surface area contributed by atoms with E-state index < -0.39 is 0 Å². The zero-order valence-electron chi connectivity index (χ0n) is 11.5. The minimum Gasteiger partial charge on any atom is -0.490 e. The van der Waals surface area contributed by atoms with Gasteiger partial charge in [-0.25, -0.2) is 0 Å². The molecule has 0 bridgehead atoms. The van der Waals surface area contributed by atoms with E-state index in [2.05, 4.69) is 35.0 Å². The predicted molar refractivity (Wildman–Crippen MR) is 80.7 cm³/mol. The van der Waals surface area contributed by atoms with Crippen LogP contribution in [0, 0.1) is 6.92 Å². The number of hydrogen-bond donors (Lipinski definition) is 1. The van der Waals surface area contributed by atoms with Crippen LogP contribution in [0.3, 0.4) is 0 Å².